The first-order chi connectivity index (χ1) is 15.7. The second-order valence-electron chi connectivity index (χ2n) is 9.54. The van der Waals surface area contributed by atoms with E-state index in [1.807, 2.05) is 51.1 Å². The molecule has 1 aliphatic heterocycles. The van der Waals surface area contributed by atoms with E-state index in [4.69, 9.17) is 4.74 Å². The number of likely N-dealkylation sites (tertiary alicyclic amines) is 1. The van der Waals surface area contributed by atoms with Crippen LogP contribution in [0, 0.1) is 11.2 Å². The van der Waals surface area contributed by atoms with E-state index in [9.17, 15) is 14.0 Å². The summed E-state index contributed by atoms with van der Waals surface area (Å²) in [5.41, 5.74) is 0.916. The maximum atomic E-state index is 13.4. The smallest absolute Gasteiger partial charge is 0.410 e. The minimum Gasteiger partial charge on any atom is -0.443 e. The molecule has 0 bridgehead atoms. The number of nitrogens with one attached hydrogen (secondary N) is 1. The zero-order valence-electron chi connectivity index (χ0n) is 19.9. The molecule has 33 heavy (non-hydrogen) atoms. The Morgan fingerprint density at radius 3 is 2.27 bits per heavy atom. The first kappa shape index (κ1) is 24.7. The fourth-order valence-electron chi connectivity index (χ4n) is 4.12. The lowest BCUT2D eigenvalue weighted by Crippen LogP contribution is -2.52. The van der Waals surface area contributed by atoms with Crippen LogP contribution in [-0.4, -0.2) is 42.1 Å². The Kier molecular flexibility index (Phi) is 8.11. The Hall–Kier alpha value is -2.89. The van der Waals surface area contributed by atoms with Crippen LogP contribution in [0.25, 0.3) is 0 Å². The molecule has 0 saturated carbocycles. The summed E-state index contributed by atoms with van der Waals surface area (Å²) in [6, 6.07) is 16.4. The zero-order valence-corrected chi connectivity index (χ0v) is 19.9. The molecule has 1 aliphatic rings. The van der Waals surface area contributed by atoms with Crippen LogP contribution in [0.3, 0.4) is 0 Å². The van der Waals surface area contributed by atoms with E-state index in [2.05, 4.69) is 5.32 Å². The van der Waals surface area contributed by atoms with Crippen LogP contribution in [0.2, 0.25) is 0 Å². The normalized spacial score (nSPS) is 15.7. The number of carbonyl (C=O) groups excluding carboxylic acids is 2. The van der Waals surface area contributed by atoms with Crippen LogP contribution in [0.4, 0.5) is 9.18 Å². The van der Waals surface area contributed by atoms with Gasteiger partial charge in [0.15, 0.2) is 0 Å². The van der Waals surface area contributed by atoms with Gasteiger partial charge in [0.25, 0.3) is 0 Å². The molecule has 1 saturated heterocycles. The minimum atomic E-state index is -0.647. The predicted molar refractivity (Wildman–Crippen MR) is 127 cm³/mol. The van der Waals surface area contributed by atoms with Gasteiger partial charge >= 0.3 is 6.09 Å². The van der Waals surface area contributed by atoms with Crippen molar-refractivity contribution in [2.75, 3.05) is 19.6 Å². The number of carbonyl (C=O) groups is 2. The SMILES string of the molecule is CCC(C)(C)OC(=O)N1CCC(Cc2ccc(F)cc2)(C(=O)NCCc2ccccc2)CC1. The molecular formula is C27H35FN2O3. The molecule has 2 aromatic rings. The molecule has 0 spiro atoms. The lowest BCUT2D eigenvalue weighted by atomic mass is 9.73. The Morgan fingerprint density at radius 1 is 1.03 bits per heavy atom. The van der Waals surface area contributed by atoms with E-state index in [0.29, 0.717) is 38.9 Å². The molecule has 5 nitrogen and oxygen atoms in total. The van der Waals surface area contributed by atoms with E-state index >= 15 is 0 Å². The van der Waals surface area contributed by atoms with Gasteiger partial charge in [-0.15, -0.1) is 0 Å². The van der Waals surface area contributed by atoms with Crippen LogP contribution in [0.1, 0.15) is 51.2 Å². The van der Waals surface area contributed by atoms with Gasteiger partial charge < -0.3 is 15.0 Å². The number of piperidine rings is 1. The number of halogens is 1. The summed E-state index contributed by atoms with van der Waals surface area (Å²) >= 11 is 0. The highest BCUT2D eigenvalue weighted by molar-refractivity contribution is 5.83. The van der Waals surface area contributed by atoms with Crippen molar-refractivity contribution in [1.29, 1.82) is 0 Å². The quantitative estimate of drug-likeness (QED) is 0.601. The highest BCUT2D eigenvalue weighted by Gasteiger charge is 2.43. The number of amides is 2. The molecule has 178 valence electrons. The van der Waals surface area contributed by atoms with Gasteiger partial charge in [0.2, 0.25) is 5.91 Å². The van der Waals surface area contributed by atoms with Gasteiger partial charge in [-0.05, 0) is 69.2 Å². The van der Waals surface area contributed by atoms with Crippen molar-refractivity contribution in [3.63, 3.8) is 0 Å². The van der Waals surface area contributed by atoms with Crippen LogP contribution in [-0.2, 0) is 22.4 Å². The van der Waals surface area contributed by atoms with E-state index in [1.165, 1.54) is 17.7 Å². The lowest BCUT2D eigenvalue weighted by molar-refractivity contribution is -0.134. The summed E-state index contributed by atoms with van der Waals surface area (Å²) in [5.74, 6) is -0.305. The third-order valence-corrected chi connectivity index (χ3v) is 6.67. The van der Waals surface area contributed by atoms with Crippen molar-refractivity contribution in [3.8, 4) is 0 Å². The highest BCUT2D eigenvalue weighted by atomic mass is 19.1. The molecule has 0 atom stereocenters. The van der Waals surface area contributed by atoms with E-state index in [0.717, 1.165) is 18.4 Å². The molecule has 3 rings (SSSR count). The third kappa shape index (κ3) is 6.80. The van der Waals surface area contributed by atoms with Crippen LogP contribution in [0.5, 0.6) is 0 Å². The molecule has 2 amide bonds. The Morgan fingerprint density at radius 2 is 1.67 bits per heavy atom. The Bertz CT molecular complexity index is 920. The monoisotopic (exact) mass is 454 g/mol. The fraction of sp³-hybridized carbons (Fsp3) is 0.481. The summed E-state index contributed by atoms with van der Waals surface area (Å²) in [7, 11) is 0. The number of rotatable bonds is 8. The largest absolute Gasteiger partial charge is 0.443 e. The minimum absolute atomic E-state index is 0.00957. The van der Waals surface area contributed by atoms with Gasteiger partial charge in [-0.25, -0.2) is 9.18 Å². The summed E-state index contributed by atoms with van der Waals surface area (Å²) in [5, 5.41) is 3.12. The molecule has 0 aliphatic carbocycles. The fourth-order valence-corrected chi connectivity index (χ4v) is 4.12. The van der Waals surface area contributed by atoms with Crippen molar-refractivity contribution in [2.24, 2.45) is 5.41 Å². The standard InChI is InChI=1S/C27H35FN2O3/c1-4-26(2,3)33-25(32)30-18-15-27(16-19-30,20-22-10-12-23(28)13-11-22)24(31)29-17-14-21-8-6-5-7-9-21/h5-13H,4,14-20H2,1-3H3,(H,29,31). The van der Waals surface area contributed by atoms with Crippen molar-refractivity contribution < 1.29 is 18.7 Å². The molecule has 0 unspecified atom stereocenters. The lowest BCUT2D eigenvalue weighted by Gasteiger charge is -2.41. The van der Waals surface area contributed by atoms with Crippen LogP contribution < -0.4 is 5.32 Å². The highest BCUT2D eigenvalue weighted by Crippen LogP contribution is 2.36. The number of nitrogens with zero attached hydrogens (tertiary/aromatic N) is 1. The van der Waals surface area contributed by atoms with Crippen molar-refractivity contribution in [2.45, 2.75) is 58.5 Å². The van der Waals surface area contributed by atoms with Crippen molar-refractivity contribution in [3.05, 3.63) is 71.5 Å². The number of hydrogen-bond acceptors (Lipinski definition) is 3. The van der Waals surface area contributed by atoms with Gasteiger partial charge in [-0.3, -0.25) is 4.79 Å². The van der Waals surface area contributed by atoms with E-state index in [-0.39, 0.29) is 17.8 Å². The summed E-state index contributed by atoms with van der Waals surface area (Å²) in [6.45, 7) is 7.22. The molecular weight excluding hydrogens is 419 g/mol. The topological polar surface area (TPSA) is 58.6 Å². The second kappa shape index (κ2) is 10.8. The summed E-state index contributed by atoms with van der Waals surface area (Å²) in [4.78, 5) is 27.7. The number of hydrogen-bond donors (Lipinski definition) is 1. The van der Waals surface area contributed by atoms with Gasteiger partial charge in [-0.1, -0.05) is 49.4 Å². The first-order valence-electron chi connectivity index (χ1n) is 11.8. The molecule has 6 heteroatoms. The number of benzene rings is 2. The Balaban J connectivity index is 1.68. The third-order valence-electron chi connectivity index (χ3n) is 6.67. The first-order valence-corrected chi connectivity index (χ1v) is 11.8. The van der Waals surface area contributed by atoms with Crippen molar-refractivity contribution >= 4 is 12.0 Å². The Labute approximate surface area is 196 Å². The maximum absolute atomic E-state index is 13.4. The average molecular weight is 455 g/mol. The maximum Gasteiger partial charge on any atom is 0.410 e. The van der Waals surface area contributed by atoms with Crippen molar-refractivity contribution in [1.82, 2.24) is 10.2 Å². The molecule has 1 fully saturated rings. The molecule has 1 N–H and O–H groups in total. The van der Waals surface area contributed by atoms with E-state index in [1.54, 1.807) is 17.0 Å². The zero-order chi connectivity index (χ0) is 23.9. The second-order valence-corrected chi connectivity index (χ2v) is 9.54. The van der Waals surface area contributed by atoms with Crippen LogP contribution in [0.15, 0.2) is 54.6 Å². The predicted octanol–water partition coefficient (Wildman–Crippen LogP) is 5.13. The molecule has 2 aromatic carbocycles. The molecule has 0 radical (unpaired) electrons. The van der Waals surface area contributed by atoms with Gasteiger partial charge in [0, 0.05) is 19.6 Å². The number of ether oxygens (including phenoxy) is 1. The summed E-state index contributed by atoms with van der Waals surface area (Å²) in [6.07, 6.45) is 2.72. The van der Waals surface area contributed by atoms with E-state index < -0.39 is 11.0 Å². The molecule has 0 aromatic heterocycles. The van der Waals surface area contributed by atoms with Gasteiger partial charge in [0.1, 0.15) is 11.4 Å². The summed E-state index contributed by atoms with van der Waals surface area (Å²) < 4.78 is 19.1. The van der Waals surface area contributed by atoms with Crippen LogP contribution >= 0.6 is 0 Å². The molecule has 1 heterocycles. The average Bonchev–Trinajstić information content (AvgIpc) is 2.81. The van der Waals surface area contributed by atoms with Gasteiger partial charge in [0.05, 0.1) is 5.41 Å². The van der Waals surface area contributed by atoms with Gasteiger partial charge in [-0.2, -0.15) is 0 Å².